The number of methoxy groups -OCH3 is 1. The third kappa shape index (κ3) is 3.55. The summed E-state index contributed by atoms with van der Waals surface area (Å²) in [6.07, 6.45) is 1.88. The molecule has 1 fully saturated rings. The average molecular weight is 263 g/mol. The summed E-state index contributed by atoms with van der Waals surface area (Å²) in [7, 11) is 1.38. The minimum atomic E-state index is -0.754. The van der Waals surface area contributed by atoms with E-state index in [0.717, 1.165) is 24.9 Å². The molecule has 1 saturated heterocycles. The van der Waals surface area contributed by atoms with E-state index in [2.05, 4.69) is 0 Å². The molecule has 2 atom stereocenters. The summed E-state index contributed by atoms with van der Waals surface area (Å²) in [5.41, 5.74) is 1.15. The van der Waals surface area contributed by atoms with Crippen LogP contribution in [-0.4, -0.2) is 35.9 Å². The quantitative estimate of drug-likeness (QED) is 0.845. The van der Waals surface area contributed by atoms with E-state index < -0.39 is 12.1 Å². The summed E-state index contributed by atoms with van der Waals surface area (Å²) in [5, 5.41) is 10.4. The lowest BCUT2D eigenvalue weighted by atomic mass is 10.0. The molecule has 0 aromatic heterocycles. The number of likely N-dealkylation sites (tertiary alicyclic amines) is 1. The lowest BCUT2D eigenvalue weighted by Gasteiger charge is -2.29. The minimum Gasteiger partial charge on any atom is -0.469 e. The molecule has 1 aliphatic rings. The van der Waals surface area contributed by atoms with Crippen molar-refractivity contribution in [2.24, 2.45) is 5.92 Å². The van der Waals surface area contributed by atoms with Crippen LogP contribution in [0.4, 0.5) is 0 Å². The number of carbonyl (C=O) groups is 1. The monoisotopic (exact) mass is 263 g/mol. The second kappa shape index (κ2) is 6.68. The van der Waals surface area contributed by atoms with E-state index in [1.165, 1.54) is 7.11 Å². The first-order valence-electron chi connectivity index (χ1n) is 6.76. The Labute approximate surface area is 114 Å². The van der Waals surface area contributed by atoms with Crippen molar-refractivity contribution in [2.75, 3.05) is 13.7 Å². The smallest absolute Gasteiger partial charge is 0.312 e. The van der Waals surface area contributed by atoms with Crippen LogP contribution in [0.25, 0.3) is 0 Å². The fourth-order valence-corrected chi connectivity index (χ4v) is 2.60. The Morgan fingerprint density at radius 1 is 1.37 bits per heavy atom. The van der Waals surface area contributed by atoms with Gasteiger partial charge in [-0.2, -0.15) is 0 Å². The Bertz CT molecular complexity index is 407. The highest BCUT2D eigenvalue weighted by Crippen LogP contribution is 2.24. The number of aliphatic hydroxyl groups excluding tert-OH is 1. The zero-order chi connectivity index (χ0) is 13.7. The van der Waals surface area contributed by atoms with Gasteiger partial charge in [0.2, 0.25) is 0 Å². The van der Waals surface area contributed by atoms with Gasteiger partial charge in [0.15, 0.2) is 0 Å². The Morgan fingerprint density at radius 3 is 2.79 bits per heavy atom. The van der Waals surface area contributed by atoms with Crippen molar-refractivity contribution in [1.29, 1.82) is 0 Å². The van der Waals surface area contributed by atoms with Gasteiger partial charge in [0.25, 0.3) is 0 Å². The van der Waals surface area contributed by atoms with E-state index in [9.17, 15) is 9.90 Å². The van der Waals surface area contributed by atoms with Crippen molar-refractivity contribution >= 4 is 5.97 Å². The topological polar surface area (TPSA) is 49.8 Å². The van der Waals surface area contributed by atoms with Crippen LogP contribution in [0.15, 0.2) is 30.3 Å². The Kier molecular flexibility index (Phi) is 4.93. The first-order chi connectivity index (χ1) is 9.22. The van der Waals surface area contributed by atoms with E-state index >= 15 is 0 Å². The number of carbonyl (C=O) groups excluding carboxylic acids is 1. The van der Waals surface area contributed by atoms with E-state index in [1.807, 2.05) is 35.2 Å². The molecule has 1 aromatic rings. The van der Waals surface area contributed by atoms with Gasteiger partial charge in [-0.05, 0) is 18.4 Å². The molecular weight excluding hydrogens is 242 g/mol. The number of benzene rings is 1. The molecule has 1 N–H and O–H groups in total. The maximum Gasteiger partial charge on any atom is 0.312 e. The first-order valence-corrected chi connectivity index (χ1v) is 6.76. The highest BCUT2D eigenvalue weighted by molar-refractivity contribution is 5.72. The van der Waals surface area contributed by atoms with Crippen molar-refractivity contribution in [3.8, 4) is 0 Å². The molecule has 1 aliphatic heterocycles. The molecule has 19 heavy (non-hydrogen) atoms. The molecule has 0 spiro atoms. The molecule has 1 heterocycles. The Balaban J connectivity index is 2.08. The molecule has 0 saturated carbocycles. The number of aliphatic hydroxyl groups is 1. The summed E-state index contributed by atoms with van der Waals surface area (Å²) >= 11 is 0. The van der Waals surface area contributed by atoms with Gasteiger partial charge in [-0.15, -0.1) is 0 Å². The first kappa shape index (κ1) is 14.0. The Morgan fingerprint density at radius 2 is 2.11 bits per heavy atom. The number of rotatable bonds is 3. The van der Waals surface area contributed by atoms with Gasteiger partial charge in [0.1, 0.15) is 6.23 Å². The normalized spacial score (nSPS) is 24.7. The van der Waals surface area contributed by atoms with E-state index in [0.29, 0.717) is 13.0 Å². The minimum absolute atomic E-state index is 0.313. The number of ether oxygens (including phenoxy) is 1. The van der Waals surface area contributed by atoms with Gasteiger partial charge >= 0.3 is 5.97 Å². The van der Waals surface area contributed by atoms with Crippen molar-refractivity contribution in [1.82, 2.24) is 4.90 Å². The number of hydrogen-bond acceptors (Lipinski definition) is 4. The largest absolute Gasteiger partial charge is 0.469 e. The van der Waals surface area contributed by atoms with Crippen LogP contribution in [0.2, 0.25) is 0 Å². The molecule has 2 unspecified atom stereocenters. The van der Waals surface area contributed by atoms with Crippen LogP contribution in [0.5, 0.6) is 0 Å². The highest BCUT2D eigenvalue weighted by Gasteiger charge is 2.33. The number of hydrogen-bond donors (Lipinski definition) is 1. The highest BCUT2D eigenvalue weighted by atomic mass is 16.5. The van der Waals surface area contributed by atoms with Crippen LogP contribution in [-0.2, 0) is 16.1 Å². The van der Waals surface area contributed by atoms with Crippen molar-refractivity contribution in [3.05, 3.63) is 35.9 Å². The summed E-state index contributed by atoms with van der Waals surface area (Å²) in [6, 6.07) is 10.0. The molecule has 4 nitrogen and oxygen atoms in total. The molecule has 0 bridgehead atoms. The van der Waals surface area contributed by atoms with Crippen LogP contribution in [0.1, 0.15) is 24.8 Å². The van der Waals surface area contributed by atoms with Gasteiger partial charge in [0.05, 0.1) is 13.0 Å². The van der Waals surface area contributed by atoms with Gasteiger partial charge < -0.3 is 9.84 Å². The molecule has 104 valence electrons. The number of nitrogens with zero attached hydrogens (tertiary/aromatic N) is 1. The van der Waals surface area contributed by atoms with Crippen LogP contribution in [0.3, 0.4) is 0 Å². The van der Waals surface area contributed by atoms with Crippen LogP contribution >= 0.6 is 0 Å². The predicted octanol–water partition coefficient (Wildman–Crippen LogP) is 1.78. The average Bonchev–Trinajstić information content (AvgIpc) is 2.62. The molecule has 2 rings (SSSR count). The molecule has 1 aromatic carbocycles. The standard InChI is InChI=1S/C15H21NO3/c1-19-15(18)13-9-5-6-10-16(14(13)17)11-12-7-3-2-4-8-12/h2-4,7-8,13-14,17H,5-6,9-11H2,1H3. The van der Waals surface area contributed by atoms with E-state index in [4.69, 9.17) is 4.74 Å². The van der Waals surface area contributed by atoms with Crippen LogP contribution < -0.4 is 0 Å². The second-order valence-electron chi connectivity index (χ2n) is 5.00. The summed E-state index contributed by atoms with van der Waals surface area (Å²) in [6.45, 7) is 1.47. The summed E-state index contributed by atoms with van der Waals surface area (Å²) < 4.78 is 4.79. The van der Waals surface area contributed by atoms with Gasteiger partial charge in [0, 0.05) is 13.1 Å². The zero-order valence-corrected chi connectivity index (χ0v) is 11.3. The van der Waals surface area contributed by atoms with Crippen molar-refractivity contribution in [2.45, 2.75) is 32.0 Å². The SMILES string of the molecule is COC(=O)C1CCCCN(Cc2ccccc2)C1O. The second-order valence-corrected chi connectivity index (χ2v) is 5.00. The Hall–Kier alpha value is -1.39. The lowest BCUT2D eigenvalue weighted by Crippen LogP contribution is -2.42. The van der Waals surface area contributed by atoms with Gasteiger partial charge in [-0.1, -0.05) is 36.8 Å². The zero-order valence-electron chi connectivity index (χ0n) is 11.3. The fraction of sp³-hybridized carbons (Fsp3) is 0.533. The summed E-state index contributed by atoms with van der Waals surface area (Å²) in [5.74, 6) is -0.747. The maximum absolute atomic E-state index is 11.7. The molecule has 4 heteroatoms. The van der Waals surface area contributed by atoms with Crippen molar-refractivity contribution < 1.29 is 14.6 Å². The fourth-order valence-electron chi connectivity index (χ4n) is 2.60. The summed E-state index contributed by atoms with van der Waals surface area (Å²) in [4.78, 5) is 13.7. The molecule has 0 radical (unpaired) electrons. The number of esters is 1. The van der Waals surface area contributed by atoms with Gasteiger partial charge in [-0.3, -0.25) is 9.69 Å². The maximum atomic E-state index is 11.7. The lowest BCUT2D eigenvalue weighted by molar-refractivity contribution is -0.155. The third-order valence-corrected chi connectivity index (χ3v) is 3.68. The van der Waals surface area contributed by atoms with Crippen LogP contribution in [0, 0.1) is 5.92 Å². The predicted molar refractivity (Wildman–Crippen MR) is 72.2 cm³/mol. The van der Waals surface area contributed by atoms with E-state index in [-0.39, 0.29) is 5.97 Å². The third-order valence-electron chi connectivity index (χ3n) is 3.68. The molecule has 0 aliphatic carbocycles. The molecule has 0 amide bonds. The van der Waals surface area contributed by atoms with Gasteiger partial charge in [-0.25, -0.2) is 0 Å². The molecular formula is C15H21NO3. The van der Waals surface area contributed by atoms with Crippen molar-refractivity contribution in [3.63, 3.8) is 0 Å². The van der Waals surface area contributed by atoms with E-state index in [1.54, 1.807) is 0 Å².